The van der Waals surface area contributed by atoms with E-state index < -0.39 is 11.7 Å². The van der Waals surface area contributed by atoms with Crippen molar-refractivity contribution in [2.75, 3.05) is 5.32 Å². The molecule has 1 heterocycles. The summed E-state index contributed by atoms with van der Waals surface area (Å²) >= 11 is 0. The molecule has 116 valence electrons. The molecule has 4 rings (SSSR count). The maximum Gasteiger partial charge on any atom is 0.255 e. The van der Waals surface area contributed by atoms with Crippen LogP contribution in [0.5, 0.6) is 0 Å². The van der Waals surface area contributed by atoms with Gasteiger partial charge in [0.1, 0.15) is 5.82 Å². The van der Waals surface area contributed by atoms with Gasteiger partial charge in [0.2, 0.25) is 0 Å². The summed E-state index contributed by atoms with van der Waals surface area (Å²) < 4.78 is 13.7. The summed E-state index contributed by atoms with van der Waals surface area (Å²) in [6, 6.07) is 18.6. The Morgan fingerprint density at radius 2 is 1.42 bits per heavy atom. The Labute approximate surface area is 137 Å². The Kier molecular flexibility index (Phi) is 3.39. The lowest BCUT2D eigenvalue weighted by Gasteiger charge is -2.07. The van der Waals surface area contributed by atoms with Crippen LogP contribution in [0.3, 0.4) is 0 Å². The van der Waals surface area contributed by atoms with Crippen molar-refractivity contribution in [3.63, 3.8) is 0 Å². The first-order chi connectivity index (χ1) is 11.7. The fourth-order valence-corrected chi connectivity index (χ4v) is 2.52. The van der Waals surface area contributed by atoms with E-state index in [0.717, 1.165) is 11.0 Å². The number of halogens is 1. The molecule has 24 heavy (non-hydrogen) atoms. The van der Waals surface area contributed by atoms with Crippen LogP contribution < -0.4 is 5.32 Å². The Morgan fingerprint density at radius 1 is 0.792 bits per heavy atom. The summed E-state index contributed by atoms with van der Waals surface area (Å²) in [6.45, 7) is 0. The molecule has 0 atom stereocenters. The lowest BCUT2D eigenvalue weighted by molar-refractivity contribution is 0.102. The number of amides is 1. The Balaban J connectivity index is 1.72. The predicted octanol–water partition coefficient (Wildman–Crippen LogP) is 4.17. The molecule has 0 aliphatic rings. The van der Waals surface area contributed by atoms with Crippen LogP contribution in [0.2, 0.25) is 0 Å². The summed E-state index contributed by atoms with van der Waals surface area (Å²) in [5.41, 5.74) is 3.43. The van der Waals surface area contributed by atoms with Crippen LogP contribution in [0.15, 0.2) is 66.7 Å². The first-order valence-corrected chi connectivity index (χ1v) is 7.43. The number of carbonyl (C=O) groups excluding carboxylic acids is 1. The third kappa shape index (κ3) is 2.56. The van der Waals surface area contributed by atoms with E-state index in [1.807, 2.05) is 24.3 Å². The average Bonchev–Trinajstić information content (AvgIpc) is 2.61. The zero-order chi connectivity index (χ0) is 16.5. The highest BCUT2D eigenvalue weighted by Gasteiger charge is 2.11. The number of carbonyl (C=O) groups is 1. The van der Waals surface area contributed by atoms with Crippen LogP contribution in [-0.4, -0.2) is 15.9 Å². The van der Waals surface area contributed by atoms with Gasteiger partial charge in [-0.1, -0.05) is 24.3 Å². The van der Waals surface area contributed by atoms with Crippen molar-refractivity contribution in [2.45, 2.75) is 0 Å². The van der Waals surface area contributed by atoms with Crippen molar-refractivity contribution in [2.24, 2.45) is 0 Å². The molecular formula is C19H12FN3O. The monoisotopic (exact) mass is 317 g/mol. The van der Waals surface area contributed by atoms with Crippen LogP contribution >= 0.6 is 0 Å². The van der Waals surface area contributed by atoms with Crippen LogP contribution in [0.1, 0.15) is 10.4 Å². The minimum atomic E-state index is -0.475. The van der Waals surface area contributed by atoms with E-state index >= 15 is 0 Å². The van der Waals surface area contributed by atoms with Crippen molar-refractivity contribution in [1.82, 2.24) is 9.97 Å². The van der Waals surface area contributed by atoms with Gasteiger partial charge in [-0.05, 0) is 42.5 Å². The van der Waals surface area contributed by atoms with E-state index in [4.69, 9.17) is 0 Å². The predicted molar refractivity (Wildman–Crippen MR) is 91.4 cm³/mol. The molecule has 0 radical (unpaired) electrons. The fraction of sp³-hybridized carbons (Fsp3) is 0. The molecule has 5 heteroatoms. The Morgan fingerprint density at radius 3 is 2.17 bits per heavy atom. The molecule has 4 nitrogen and oxygen atoms in total. The smallest absolute Gasteiger partial charge is 0.255 e. The maximum atomic E-state index is 13.7. The highest BCUT2D eigenvalue weighted by Crippen LogP contribution is 2.19. The van der Waals surface area contributed by atoms with Gasteiger partial charge in [-0.15, -0.1) is 0 Å². The van der Waals surface area contributed by atoms with Crippen LogP contribution in [0.25, 0.3) is 22.1 Å². The van der Waals surface area contributed by atoms with E-state index in [9.17, 15) is 9.18 Å². The minimum absolute atomic E-state index is 0.146. The highest BCUT2D eigenvalue weighted by molar-refractivity contribution is 6.06. The van der Waals surface area contributed by atoms with Gasteiger partial charge in [0.15, 0.2) is 0 Å². The number of hydrogen-bond acceptors (Lipinski definition) is 3. The summed E-state index contributed by atoms with van der Waals surface area (Å²) in [5, 5.41) is 2.57. The van der Waals surface area contributed by atoms with Gasteiger partial charge >= 0.3 is 0 Å². The number of aromatic nitrogens is 2. The average molecular weight is 317 g/mol. The standard InChI is InChI=1S/C19H12FN3O/c20-13-5-1-2-6-14(13)23-19(24)12-9-10-17-18(11-12)22-16-8-4-3-7-15(16)21-17/h1-11H,(H,23,24). The quantitative estimate of drug-likeness (QED) is 0.564. The van der Waals surface area contributed by atoms with Crippen molar-refractivity contribution >= 4 is 33.7 Å². The van der Waals surface area contributed by atoms with E-state index in [2.05, 4.69) is 15.3 Å². The van der Waals surface area contributed by atoms with Gasteiger partial charge in [-0.2, -0.15) is 0 Å². The van der Waals surface area contributed by atoms with Crippen LogP contribution in [-0.2, 0) is 0 Å². The van der Waals surface area contributed by atoms with Crippen molar-refractivity contribution < 1.29 is 9.18 Å². The van der Waals surface area contributed by atoms with E-state index in [-0.39, 0.29) is 5.69 Å². The first-order valence-electron chi connectivity index (χ1n) is 7.43. The van der Waals surface area contributed by atoms with Gasteiger partial charge in [-0.25, -0.2) is 14.4 Å². The molecule has 0 bridgehead atoms. The number of benzene rings is 3. The molecule has 0 aliphatic heterocycles. The molecule has 0 saturated heterocycles. The number of fused-ring (bicyclic) bond motifs is 2. The summed E-state index contributed by atoms with van der Waals surface area (Å²) in [6.07, 6.45) is 0. The molecule has 0 unspecified atom stereocenters. The molecule has 1 amide bonds. The summed E-state index contributed by atoms with van der Waals surface area (Å²) in [5.74, 6) is -0.866. The molecule has 3 aromatic carbocycles. The lowest BCUT2D eigenvalue weighted by Crippen LogP contribution is -2.13. The van der Waals surface area contributed by atoms with Gasteiger partial charge in [0.05, 0.1) is 27.8 Å². The normalized spacial score (nSPS) is 10.9. The number of nitrogens with one attached hydrogen (secondary N) is 1. The number of anilines is 1. The lowest BCUT2D eigenvalue weighted by atomic mass is 10.1. The SMILES string of the molecule is O=C(Nc1ccccc1F)c1ccc2nc3ccccc3nc2c1. The second-order valence-corrected chi connectivity index (χ2v) is 5.35. The van der Waals surface area contributed by atoms with Crippen molar-refractivity contribution in [3.05, 3.63) is 78.1 Å². The number of hydrogen-bond donors (Lipinski definition) is 1. The molecular weight excluding hydrogens is 305 g/mol. The molecule has 4 aromatic rings. The van der Waals surface area contributed by atoms with E-state index in [1.165, 1.54) is 12.1 Å². The third-order valence-corrected chi connectivity index (χ3v) is 3.72. The second-order valence-electron chi connectivity index (χ2n) is 5.35. The Bertz CT molecular complexity index is 1080. The molecule has 0 fully saturated rings. The summed E-state index contributed by atoms with van der Waals surface area (Å²) in [7, 11) is 0. The largest absolute Gasteiger partial charge is 0.319 e. The summed E-state index contributed by atoms with van der Waals surface area (Å²) in [4.78, 5) is 21.4. The minimum Gasteiger partial charge on any atom is -0.319 e. The van der Waals surface area contributed by atoms with E-state index in [1.54, 1.807) is 30.3 Å². The van der Waals surface area contributed by atoms with Crippen LogP contribution in [0, 0.1) is 5.82 Å². The highest BCUT2D eigenvalue weighted by atomic mass is 19.1. The van der Waals surface area contributed by atoms with Gasteiger partial charge in [-0.3, -0.25) is 4.79 Å². The zero-order valence-corrected chi connectivity index (χ0v) is 12.5. The van der Waals surface area contributed by atoms with Crippen LogP contribution in [0.4, 0.5) is 10.1 Å². The Hall–Kier alpha value is -3.34. The van der Waals surface area contributed by atoms with E-state index in [0.29, 0.717) is 16.6 Å². The third-order valence-electron chi connectivity index (χ3n) is 3.72. The molecule has 1 N–H and O–H groups in total. The first kappa shape index (κ1) is 14.3. The fourth-order valence-electron chi connectivity index (χ4n) is 2.52. The molecule has 1 aromatic heterocycles. The van der Waals surface area contributed by atoms with Gasteiger partial charge < -0.3 is 5.32 Å². The topological polar surface area (TPSA) is 54.9 Å². The number of para-hydroxylation sites is 3. The van der Waals surface area contributed by atoms with Crippen molar-refractivity contribution in [3.8, 4) is 0 Å². The number of nitrogens with zero attached hydrogens (tertiary/aromatic N) is 2. The number of rotatable bonds is 2. The zero-order valence-electron chi connectivity index (χ0n) is 12.5. The molecule has 0 spiro atoms. The van der Waals surface area contributed by atoms with Crippen molar-refractivity contribution in [1.29, 1.82) is 0 Å². The maximum absolute atomic E-state index is 13.7. The van der Waals surface area contributed by atoms with Gasteiger partial charge in [0, 0.05) is 5.56 Å². The van der Waals surface area contributed by atoms with Gasteiger partial charge in [0.25, 0.3) is 5.91 Å². The molecule has 0 aliphatic carbocycles. The second kappa shape index (κ2) is 5.70. The molecule has 0 saturated carbocycles.